The fourth-order valence-electron chi connectivity index (χ4n) is 3.76. The van der Waals surface area contributed by atoms with Gasteiger partial charge in [0.25, 0.3) is 0 Å². The maximum absolute atomic E-state index is 13.1. The third-order valence-corrected chi connectivity index (χ3v) is 6.71. The van der Waals surface area contributed by atoms with Crippen LogP contribution in [-0.4, -0.2) is 33.0 Å². The summed E-state index contributed by atoms with van der Waals surface area (Å²) in [5, 5.41) is 12.4. The maximum atomic E-state index is 13.1. The number of benzene rings is 3. The minimum absolute atomic E-state index is 0.0736. The highest BCUT2D eigenvalue weighted by Crippen LogP contribution is 2.33. The molecule has 174 valence electrons. The van der Waals surface area contributed by atoms with Gasteiger partial charge in [-0.2, -0.15) is 0 Å². The lowest BCUT2D eigenvalue weighted by Crippen LogP contribution is -2.24. The van der Waals surface area contributed by atoms with Crippen LogP contribution in [0.5, 0.6) is 5.75 Å². The lowest BCUT2D eigenvalue weighted by molar-refractivity contribution is -0.115. The van der Waals surface area contributed by atoms with Gasteiger partial charge in [-0.15, -0.1) is 10.2 Å². The molecule has 0 saturated carbocycles. The molecule has 4 aromatic rings. The van der Waals surface area contributed by atoms with Crippen LogP contribution in [0.4, 0.5) is 5.69 Å². The highest BCUT2D eigenvalue weighted by Gasteiger charge is 2.23. The summed E-state index contributed by atoms with van der Waals surface area (Å²) < 4.78 is 7.61. The number of rotatable bonds is 8. The Bertz CT molecular complexity index is 1270. The van der Waals surface area contributed by atoms with E-state index in [4.69, 9.17) is 4.74 Å². The number of aryl methyl sites for hydroxylation is 2. The molecule has 6 nitrogen and oxygen atoms in total. The first kappa shape index (κ1) is 23.6. The molecule has 3 aromatic carbocycles. The Balaban J connectivity index is 1.64. The molecule has 0 spiro atoms. The zero-order valence-corrected chi connectivity index (χ0v) is 20.6. The predicted octanol–water partition coefficient (Wildman–Crippen LogP) is 5.74. The highest BCUT2D eigenvalue weighted by molar-refractivity contribution is 8.00. The van der Waals surface area contributed by atoms with E-state index in [1.807, 2.05) is 86.0 Å². The molecule has 4 rings (SSSR count). The van der Waals surface area contributed by atoms with Crippen molar-refractivity contribution in [2.45, 2.75) is 37.7 Å². The Hall–Kier alpha value is -3.58. The molecule has 1 amide bonds. The summed E-state index contributed by atoms with van der Waals surface area (Å²) in [5.41, 5.74) is 4.91. The number of carbonyl (C=O) groups is 1. The standard InChI is InChI=1S/C27H28N4O2S/c1-18-11-10-12-19(2)24(18)28-26(32)20(3)34-27-30-29-25(22-15-8-9-16-23(22)33-4)31(27)17-21-13-6-5-7-14-21/h5-16,20H,17H2,1-4H3,(H,28,32)/t20-/m1/s1. The van der Waals surface area contributed by atoms with E-state index in [1.165, 1.54) is 11.8 Å². The van der Waals surface area contributed by atoms with Crippen molar-refractivity contribution in [2.75, 3.05) is 12.4 Å². The van der Waals surface area contributed by atoms with Gasteiger partial charge >= 0.3 is 0 Å². The SMILES string of the molecule is COc1ccccc1-c1nnc(S[C@H](C)C(=O)Nc2c(C)cccc2C)n1Cc1ccccc1. The quantitative estimate of drug-likeness (QED) is 0.331. The third-order valence-electron chi connectivity index (χ3n) is 5.63. The number of ether oxygens (including phenoxy) is 1. The number of para-hydroxylation sites is 2. The molecule has 0 aliphatic rings. The molecule has 0 aliphatic carbocycles. The Morgan fingerprint density at radius 3 is 2.35 bits per heavy atom. The summed E-state index contributed by atoms with van der Waals surface area (Å²) in [6.07, 6.45) is 0. The minimum atomic E-state index is -0.372. The number of aromatic nitrogens is 3. The summed E-state index contributed by atoms with van der Waals surface area (Å²) in [5.74, 6) is 1.35. The summed E-state index contributed by atoms with van der Waals surface area (Å²) in [6.45, 7) is 6.46. The molecule has 34 heavy (non-hydrogen) atoms. The van der Waals surface area contributed by atoms with Crippen LogP contribution in [0.1, 0.15) is 23.6 Å². The van der Waals surface area contributed by atoms with E-state index in [0.717, 1.165) is 33.7 Å². The van der Waals surface area contributed by atoms with Gasteiger partial charge in [0.15, 0.2) is 11.0 Å². The summed E-state index contributed by atoms with van der Waals surface area (Å²) >= 11 is 1.39. The van der Waals surface area contributed by atoms with Gasteiger partial charge in [-0.1, -0.05) is 72.4 Å². The first-order chi connectivity index (χ1) is 16.5. The van der Waals surface area contributed by atoms with Gasteiger partial charge in [-0.05, 0) is 49.6 Å². The van der Waals surface area contributed by atoms with Crippen molar-refractivity contribution in [1.29, 1.82) is 0 Å². The van der Waals surface area contributed by atoms with Gasteiger partial charge in [-0.25, -0.2) is 0 Å². The van der Waals surface area contributed by atoms with Crippen molar-refractivity contribution < 1.29 is 9.53 Å². The summed E-state index contributed by atoms with van der Waals surface area (Å²) in [4.78, 5) is 13.1. The Labute approximate surface area is 204 Å². The molecule has 0 aliphatic heterocycles. The van der Waals surface area contributed by atoms with Gasteiger partial charge < -0.3 is 10.1 Å². The van der Waals surface area contributed by atoms with Crippen molar-refractivity contribution in [3.8, 4) is 17.1 Å². The smallest absolute Gasteiger partial charge is 0.237 e. The van der Waals surface area contributed by atoms with Crippen LogP contribution in [0.2, 0.25) is 0 Å². The average Bonchev–Trinajstić information content (AvgIpc) is 3.23. The normalized spacial score (nSPS) is 11.8. The van der Waals surface area contributed by atoms with E-state index < -0.39 is 0 Å². The second kappa shape index (κ2) is 10.6. The van der Waals surface area contributed by atoms with Crippen molar-refractivity contribution in [3.05, 3.63) is 89.5 Å². The lowest BCUT2D eigenvalue weighted by Gasteiger charge is -2.16. The number of thioether (sulfide) groups is 1. The number of carbonyl (C=O) groups excluding carboxylic acids is 1. The number of hydrogen-bond donors (Lipinski definition) is 1. The number of amides is 1. The molecule has 1 heterocycles. The fourth-order valence-corrected chi connectivity index (χ4v) is 4.61. The van der Waals surface area contributed by atoms with Crippen molar-refractivity contribution in [2.24, 2.45) is 0 Å². The van der Waals surface area contributed by atoms with E-state index in [-0.39, 0.29) is 11.2 Å². The number of nitrogens with one attached hydrogen (secondary N) is 1. The zero-order valence-electron chi connectivity index (χ0n) is 19.8. The molecule has 0 bridgehead atoms. The first-order valence-electron chi connectivity index (χ1n) is 11.1. The number of methoxy groups -OCH3 is 1. The maximum Gasteiger partial charge on any atom is 0.237 e. The van der Waals surface area contributed by atoms with E-state index in [0.29, 0.717) is 17.5 Å². The Morgan fingerprint density at radius 1 is 0.971 bits per heavy atom. The Kier molecular flexibility index (Phi) is 7.33. The summed E-state index contributed by atoms with van der Waals surface area (Å²) in [7, 11) is 1.65. The third kappa shape index (κ3) is 5.15. The monoisotopic (exact) mass is 472 g/mol. The molecule has 7 heteroatoms. The topological polar surface area (TPSA) is 69.0 Å². The molecule has 1 N–H and O–H groups in total. The van der Waals surface area contributed by atoms with Crippen LogP contribution in [0.15, 0.2) is 78.0 Å². The molecule has 0 fully saturated rings. The summed E-state index contributed by atoms with van der Waals surface area (Å²) in [6, 6.07) is 23.9. The van der Waals surface area contributed by atoms with Gasteiger partial charge in [0.2, 0.25) is 5.91 Å². The molecular weight excluding hydrogens is 444 g/mol. The number of hydrogen-bond acceptors (Lipinski definition) is 5. The zero-order chi connectivity index (χ0) is 24.1. The number of nitrogens with zero attached hydrogens (tertiary/aromatic N) is 3. The lowest BCUT2D eigenvalue weighted by atomic mass is 10.1. The van der Waals surface area contributed by atoms with Crippen LogP contribution in [0, 0.1) is 13.8 Å². The minimum Gasteiger partial charge on any atom is -0.496 e. The second-order valence-corrected chi connectivity index (χ2v) is 9.40. The van der Waals surface area contributed by atoms with Crippen LogP contribution in [0.25, 0.3) is 11.4 Å². The molecule has 0 unspecified atom stereocenters. The predicted molar refractivity (Wildman–Crippen MR) is 137 cm³/mol. The van der Waals surface area contributed by atoms with E-state index in [1.54, 1.807) is 7.11 Å². The highest BCUT2D eigenvalue weighted by atomic mass is 32.2. The van der Waals surface area contributed by atoms with Gasteiger partial charge in [0.05, 0.1) is 24.5 Å². The van der Waals surface area contributed by atoms with E-state index in [2.05, 4.69) is 27.6 Å². The van der Waals surface area contributed by atoms with Crippen LogP contribution >= 0.6 is 11.8 Å². The molecule has 1 atom stereocenters. The average molecular weight is 473 g/mol. The first-order valence-corrected chi connectivity index (χ1v) is 12.0. The molecule has 1 aromatic heterocycles. The Morgan fingerprint density at radius 2 is 1.65 bits per heavy atom. The van der Waals surface area contributed by atoms with Crippen molar-refractivity contribution in [1.82, 2.24) is 14.8 Å². The molecular formula is C27H28N4O2S. The van der Waals surface area contributed by atoms with Crippen molar-refractivity contribution >= 4 is 23.4 Å². The van der Waals surface area contributed by atoms with Crippen LogP contribution in [-0.2, 0) is 11.3 Å². The van der Waals surface area contributed by atoms with E-state index in [9.17, 15) is 4.79 Å². The van der Waals surface area contributed by atoms with Gasteiger partial charge in [0, 0.05) is 5.69 Å². The van der Waals surface area contributed by atoms with Crippen molar-refractivity contribution in [3.63, 3.8) is 0 Å². The van der Waals surface area contributed by atoms with Crippen LogP contribution < -0.4 is 10.1 Å². The van der Waals surface area contributed by atoms with Gasteiger partial charge in [-0.3, -0.25) is 9.36 Å². The molecule has 0 saturated heterocycles. The largest absolute Gasteiger partial charge is 0.496 e. The number of anilines is 1. The fraction of sp³-hybridized carbons (Fsp3) is 0.222. The second-order valence-electron chi connectivity index (χ2n) is 8.09. The van der Waals surface area contributed by atoms with Gasteiger partial charge in [0.1, 0.15) is 5.75 Å². The molecule has 0 radical (unpaired) electrons. The van der Waals surface area contributed by atoms with E-state index >= 15 is 0 Å². The van der Waals surface area contributed by atoms with Crippen LogP contribution in [0.3, 0.4) is 0 Å².